The van der Waals surface area contributed by atoms with E-state index in [1.807, 2.05) is 0 Å². The van der Waals surface area contributed by atoms with Gasteiger partial charge in [-0.1, -0.05) is 0 Å². The Balaban J connectivity index is 1.70. The molecule has 5 nitrogen and oxygen atoms in total. The molecule has 1 aromatic rings. The number of ether oxygens (including phenoxy) is 2. The lowest BCUT2D eigenvalue weighted by molar-refractivity contribution is 0.0532. The van der Waals surface area contributed by atoms with Gasteiger partial charge in [0.15, 0.2) is 5.13 Å². The van der Waals surface area contributed by atoms with E-state index in [9.17, 15) is 0 Å². The van der Waals surface area contributed by atoms with E-state index in [1.54, 1.807) is 18.4 Å². The number of nitrogens with one attached hydrogen (secondary N) is 1. The summed E-state index contributed by atoms with van der Waals surface area (Å²) in [4.78, 5) is 8.43. The normalized spacial score (nSPS) is 23.3. The number of hydrogen-bond donors (Lipinski definition) is 1. The molecule has 1 saturated carbocycles. The summed E-state index contributed by atoms with van der Waals surface area (Å²) >= 11 is 1.79. The Labute approximate surface area is 124 Å². The lowest BCUT2D eigenvalue weighted by Crippen LogP contribution is -2.41. The van der Waals surface area contributed by atoms with Gasteiger partial charge in [0.2, 0.25) is 0 Å². The van der Waals surface area contributed by atoms with Crippen LogP contribution in [0.5, 0.6) is 0 Å². The van der Waals surface area contributed by atoms with Crippen molar-refractivity contribution in [3.8, 4) is 0 Å². The summed E-state index contributed by atoms with van der Waals surface area (Å²) in [6.45, 7) is 6.27. The highest BCUT2D eigenvalue weighted by atomic mass is 32.1. The highest BCUT2D eigenvalue weighted by Crippen LogP contribution is 2.29. The van der Waals surface area contributed by atoms with Gasteiger partial charge in [0, 0.05) is 37.7 Å². The van der Waals surface area contributed by atoms with E-state index in [0.29, 0.717) is 6.61 Å². The lowest BCUT2D eigenvalue weighted by atomic mass is 10.3. The Morgan fingerprint density at radius 2 is 2.35 bits per heavy atom. The smallest absolute Gasteiger partial charge is 0.186 e. The Kier molecular flexibility index (Phi) is 4.55. The van der Waals surface area contributed by atoms with Crippen molar-refractivity contribution < 1.29 is 9.47 Å². The van der Waals surface area contributed by atoms with E-state index in [1.165, 1.54) is 17.7 Å². The molecule has 3 rings (SSSR count). The molecule has 1 N–H and O–H groups in total. The van der Waals surface area contributed by atoms with Crippen LogP contribution in [-0.4, -0.2) is 43.9 Å². The molecule has 0 amide bonds. The Hall–Kier alpha value is -0.690. The summed E-state index contributed by atoms with van der Waals surface area (Å²) in [6.07, 6.45) is 2.91. The second-order valence-corrected chi connectivity index (χ2v) is 6.64. The van der Waals surface area contributed by atoms with Gasteiger partial charge in [0.25, 0.3) is 0 Å². The van der Waals surface area contributed by atoms with E-state index < -0.39 is 0 Å². The Morgan fingerprint density at radius 3 is 3.05 bits per heavy atom. The van der Waals surface area contributed by atoms with Crippen molar-refractivity contribution in [3.05, 3.63) is 10.6 Å². The number of aromatic nitrogens is 1. The molecule has 1 atom stereocenters. The summed E-state index contributed by atoms with van der Waals surface area (Å²) in [5.74, 6) is 0. The largest absolute Gasteiger partial charge is 0.378 e. The van der Waals surface area contributed by atoms with E-state index >= 15 is 0 Å². The van der Waals surface area contributed by atoms with Crippen LogP contribution in [0.3, 0.4) is 0 Å². The molecule has 0 aromatic carbocycles. The molecule has 1 aliphatic heterocycles. The zero-order chi connectivity index (χ0) is 13.9. The maximum absolute atomic E-state index is 5.60. The maximum Gasteiger partial charge on any atom is 0.186 e. The zero-order valence-corrected chi connectivity index (χ0v) is 13.0. The first-order chi connectivity index (χ1) is 9.76. The standard InChI is InChI=1S/C14H23N3O2S/c1-10-8-17(5-6-19-10)14-16-12(9-18-2)13(20-14)7-15-11-3-4-11/h10-11,15H,3-9H2,1-2H3. The van der Waals surface area contributed by atoms with Crippen LogP contribution in [0.4, 0.5) is 5.13 Å². The van der Waals surface area contributed by atoms with Gasteiger partial charge in [0.05, 0.1) is 25.0 Å². The molecule has 0 spiro atoms. The quantitative estimate of drug-likeness (QED) is 0.867. The van der Waals surface area contributed by atoms with Crippen LogP contribution >= 0.6 is 11.3 Å². The lowest BCUT2D eigenvalue weighted by Gasteiger charge is -2.30. The molecule has 20 heavy (non-hydrogen) atoms. The van der Waals surface area contributed by atoms with Gasteiger partial charge in [0.1, 0.15) is 0 Å². The summed E-state index contributed by atoms with van der Waals surface area (Å²) in [5.41, 5.74) is 1.08. The van der Waals surface area contributed by atoms with Gasteiger partial charge < -0.3 is 19.7 Å². The average molecular weight is 297 g/mol. The molecule has 2 fully saturated rings. The third kappa shape index (κ3) is 3.49. The topological polar surface area (TPSA) is 46.6 Å². The highest BCUT2D eigenvalue weighted by molar-refractivity contribution is 7.15. The third-order valence-corrected chi connectivity index (χ3v) is 4.85. The van der Waals surface area contributed by atoms with Crippen molar-refractivity contribution in [2.75, 3.05) is 31.7 Å². The fourth-order valence-corrected chi connectivity index (χ4v) is 3.46. The molecule has 2 heterocycles. The molecule has 2 aliphatic rings. The fourth-order valence-electron chi connectivity index (χ4n) is 2.41. The van der Waals surface area contributed by atoms with Gasteiger partial charge in [-0.3, -0.25) is 0 Å². The summed E-state index contributed by atoms with van der Waals surface area (Å²) in [5, 5.41) is 4.68. The van der Waals surface area contributed by atoms with E-state index in [-0.39, 0.29) is 6.10 Å². The molecule has 1 saturated heterocycles. The zero-order valence-electron chi connectivity index (χ0n) is 12.2. The van der Waals surface area contributed by atoms with E-state index in [4.69, 9.17) is 14.5 Å². The van der Waals surface area contributed by atoms with Crippen LogP contribution in [-0.2, 0) is 22.6 Å². The summed E-state index contributed by atoms with van der Waals surface area (Å²) < 4.78 is 10.9. The summed E-state index contributed by atoms with van der Waals surface area (Å²) in [7, 11) is 1.73. The van der Waals surface area contributed by atoms with E-state index in [2.05, 4.69) is 17.1 Å². The number of anilines is 1. The number of hydrogen-bond acceptors (Lipinski definition) is 6. The van der Waals surface area contributed by atoms with Crippen LogP contribution < -0.4 is 10.2 Å². The average Bonchev–Trinajstić information content (AvgIpc) is 3.18. The predicted octanol–water partition coefficient (Wildman–Crippen LogP) is 1.77. The predicted molar refractivity (Wildman–Crippen MR) is 80.3 cm³/mol. The van der Waals surface area contributed by atoms with Gasteiger partial charge in [-0.05, 0) is 19.8 Å². The minimum Gasteiger partial charge on any atom is -0.378 e. The van der Waals surface area contributed by atoms with Crippen molar-refractivity contribution in [2.24, 2.45) is 0 Å². The van der Waals surface area contributed by atoms with Crippen molar-refractivity contribution >= 4 is 16.5 Å². The van der Waals surface area contributed by atoms with Crippen molar-refractivity contribution in [2.45, 2.75) is 45.1 Å². The van der Waals surface area contributed by atoms with Crippen molar-refractivity contribution in [1.82, 2.24) is 10.3 Å². The first-order valence-electron chi connectivity index (χ1n) is 7.33. The molecule has 6 heteroatoms. The number of methoxy groups -OCH3 is 1. The van der Waals surface area contributed by atoms with E-state index in [0.717, 1.165) is 43.1 Å². The Bertz CT molecular complexity index is 448. The van der Waals surface area contributed by atoms with Crippen LogP contribution in [0.25, 0.3) is 0 Å². The second-order valence-electron chi connectivity index (χ2n) is 5.58. The van der Waals surface area contributed by atoms with Crippen LogP contribution in [0.2, 0.25) is 0 Å². The second kappa shape index (κ2) is 6.39. The molecule has 0 radical (unpaired) electrons. The fraction of sp³-hybridized carbons (Fsp3) is 0.786. The van der Waals surface area contributed by atoms with Crippen LogP contribution in [0.1, 0.15) is 30.3 Å². The number of morpholine rings is 1. The third-order valence-electron chi connectivity index (χ3n) is 3.69. The molecule has 1 aliphatic carbocycles. The van der Waals surface area contributed by atoms with Crippen LogP contribution in [0.15, 0.2) is 0 Å². The Morgan fingerprint density at radius 1 is 1.50 bits per heavy atom. The number of thiazole rings is 1. The number of nitrogens with zero attached hydrogens (tertiary/aromatic N) is 2. The molecule has 112 valence electrons. The number of rotatable bonds is 6. The van der Waals surface area contributed by atoms with Gasteiger partial charge in [-0.2, -0.15) is 0 Å². The minimum absolute atomic E-state index is 0.284. The SMILES string of the molecule is COCc1nc(N2CCOC(C)C2)sc1CNC1CC1. The monoisotopic (exact) mass is 297 g/mol. The molecular formula is C14H23N3O2S. The highest BCUT2D eigenvalue weighted by Gasteiger charge is 2.24. The molecule has 0 bridgehead atoms. The molecule has 1 unspecified atom stereocenters. The van der Waals surface area contributed by atoms with Crippen molar-refractivity contribution in [3.63, 3.8) is 0 Å². The molecular weight excluding hydrogens is 274 g/mol. The first kappa shape index (κ1) is 14.3. The van der Waals surface area contributed by atoms with Crippen LogP contribution in [0, 0.1) is 0 Å². The van der Waals surface area contributed by atoms with Gasteiger partial charge >= 0.3 is 0 Å². The van der Waals surface area contributed by atoms with Gasteiger partial charge in [-0.25, -0.2) is 4.98 Å². The molecule has 1 aromatic heterocycles. The van der Waals surface area contributed by atoms with Crippen molar-refractivity contribution in [1.29, 1.82) is 0 Å². The van der Waals surface area contributed by atoms with Gasteiger partial charge in [-0.15, -0.1) is 11.3 Å². The first-order valence-corrected chi connectivity index (χ1v) is 8.15. The summed E-state index contributed by atoms with van der Waals surface area (Å²) in [6, 6.07) is 0.722. The minimum atomic E-state index is 0.284. The maximum atomic E-state index is 5.60.